The average molecular weight is 376 g/mol. The van der Waals surface area contributed by atoms with E-state index in [1.807, 2.05) is 18.2 Å². The quantitative estimate of drug-likeness (QED) is 0.643. The van der Waals surface area contributed by atoms with E-state index in [-0.39, 0.29) is 17.4 Å². The van der Waals surface area contributed by atoms with Gasteiger partial charge in [-0.05, 0) is 46.3 Å². The second kappa shape index (κ2) is 8.00. The number of carbonyl (C=O) groups is 1. The van der Waals surface area contributed by atoms with Crippen LogP contribution in [0.25, 0.3) is 5.69 Å². The van der Waals surface area contributed by atoms with Gasteiger partial charge in [-0.2, -0.15) is 4.68 Å². The predicted molar refractivity (Wildman–Crippen MR) is 94.8 cm³/mol. The number of rotatable bonds is 6. The lowest BCUT2D eigenvalue weighted by Gasteiger charge is -2.07. The molecule has 128 valence electrons. The number of nitrogens with zero attached hydrogens (tertiary/aromatic N) is 4. The number of phenolic OH excluding ortho intramolecular Hbond substituents is 1. The third-order valence-corrected chi connectivity index (χ3v) is 4.59. The summed E-state index contributed by atoms with van der Waals surface area (Å²) in [6.45, 7) is 0.363. The first-order chi connectivity index (χ1) is 12.1. The summed E-state index contributed by atoms with van der Waals surface area (Å²) in [7, 11) is 0. The number of tetrazole rings is 1. The fraction of sp³-hybridized carbons (Fsp3) is 0.125. The molecule has 1 heterocycles. The number of hydrogen-bond donors (Lipinski definition) is 2. The van der Waals surface area contributed by atoms with Crippen molar-refractivity contribution in [1.82, 2.24) is 25.5 Å². The molecule has 25 heavy (non-hydrogen) atoms. The molecule has 0 aliphatic rings. The molecule has 9 heteroatoms. The van der Waals surface area contributed by atoms with Gasteiger partial charge in [0.05, 0.1) is 11.4 Å². The van der Waals surface area contributed by atoms with Crippen LogP contribution in [0.15, 0.2) is 53.7 Å². The van der Waals surface area contributed by atoms with Gasteiger partial charge in [-0.25, -0.2) is 0 Å². The van der Waals surface area contributed by atoms with Gasteiger partial charge < -0.3 is 10.4 Å². The molecule has 1 aromatic heterocycles. The molecule has 0 atom stereocenters. The third-order valence-electron chi connectivity index (χ3n) is 3.30. The Balaban J connectivity index is 1.57. The molecule has 0 saturated heterocycles. The Morgan fingerprint density at radius 1 is 1.20 bits per heavy atom. The zero-order valence-electron chi connectivity index (χ0n) is 13.0. The van der Waals surface area contributed by atoms with Crippen molar-refractivity contribution >= 4 is 29.3 Å². The van der Waals surface area contributed by atoms with Gasteiger partial charge in [-0.3, -0.25) is 4.79 Å². The molecule has 2 N–H and O–H groups in total. The molecule has 0 unspecified atom stereocenters. The first-order valence-electron chi connectivity index (χ1n) is 7.34. The molecule has 1 amide bonds. The van der Waals surface area contributed by atoms with E-state index in [0.29, 0.717) is 22.4 Å². The van der Waals surface area contributed by atoms with E-state index in [2.05, 4.69) is 20.8 Å². The Morgan fingerprint density at radius 2 is 1.96 bits per heavy atom. The van der Waals surface area contributed by atoms with E-state index < -0.39 is 0 Å². The van der Waals surface area contributed by atoms with Gasteiger partial charge in [-0.15, -0.1) is 5.10 Å². The fourth-order valence-electron chi connectivity index (χ4n) is 2.04. The van der Waals surface area contributed by atoms with Crippen molar-refractivity contribution in [1.29, 1.82) is 0 Å². The summed E-state index contributed by atoms with van der Waals surface area (Å²) in [5, 5.41) is 24.7. The Hall–Kier alpha value is -2.58. The number of nitrogens with one attached hydrogen (secondary N) is 1. The molecule has 0 aliphatic heterocycles. The Kier molecular flexibility index (Phi) is 5.52. The van der Waals surface area contributed by atoms with Gasteiger partial charge in [0.2, 0.25) is 11.1 Å². The number of phenols is 1. The van der Waals surface area contributed by atoms with Crippen LogP contribution in [0.2, 0.25) is 5.02 Å². The molecule has 0 radical (unpaired) electrons. The van der Waals surface area contributed by atoms with Crippen molar-refractivity contribution in [3.05, 3.63) is 59.1 Å². The first-order valence-corrected chi connectivity index (χ1v) is 8.70. The smallest absolute Gasteiger partial charge is 0.230 e. The lowest BCUT2D eigenvalue weighted by atomic mass is 10.2. The highest BCUT2D eigenvalue weighted by Gasteiger charge is 2.12. The van der Waals surface area contributed by atoms with Crippen LogP contribution in [0.4, 0.5) is 0 Å². The maximum atomic E-state index is 12.0. The highest BCUT2D eigenvalue weighted by molar-refractivity contribution is 7.99. The summed E-state index contributed by atoms with van der Waals surface area (Å²) in [6.07, 6.45) is 0. The number of thioether (sulfide) groups is 1. The predicted octanol–water partition coefficient (Wildman–Crippen LogP) is 2.43. The van der Waals surface area contributed by atoms with Crippen LogP contribution >= 0.6 is 23.4 Å². The number of amides is 1. The van der Waals surface area contributed by atoms with Crippen molar-refractivity contribution in [2.24, 2.45) is 0 Å². The molecule has 3 aromatic rings. The van der Waals surface area contributed by atoms with Crippen molar-refractivity contribution in [3.63, 3.8) is 0 Å². The Bertz CT molecular complexity index is 869. The number of halogens is 1. The molecule has 0 spiro atoms. The minimum absolute atomic E-state index is 0.148. The highest BCUT2D eigenvalue weighted by Crippen LogP contribution is 2.20. The van der Waals surface area contributed by atoms with E-state index in [1.54, 1.807) is 30.3 Å². The molecule has 0 fully saturated rings. The van der Waals surface area contributed by atoms with Crippen LogP contribution in [0.5, 0.6) is 5.75 Å². The Labute approximate surface area is 153 Å². The summed E-state index contributed by atoms with van der Waals surface area (Å²) >= 11 is 7.28. The van der Waals surface area contributed by atoms with Crippen LogP contribution in [0.3, 0.4) is 0 Å². The molecule has 0 bridgehead atoms. The summed E-state index contributed by atoms with van der Waals surface area (Å²) in [5.41, 5.74) is 1.55. The van der Waals surface area contributed by atoms with Crippen molar-refractivity contribution < 1.29 is 9.90 Å². The van der Waals surface area contributed by atoms with E-state index in [0.717, 1.165) is 5.56 Å². The second-order valence-corrected chi connectivity index (χ2v) is 6.40. The average Bonchev–Trinajstić information content (AvgIpc) is 3.08. The lowest BCUT2D eigenvalue weighted by molar-refractivity contribution is -0.118. The van der Waals surface area contributed by atoms with Gasteiger partial charge in [0.1, 0.15) is 5.75 Å². The minimum Gasteiger partial charge on any atom is -0.508 e. The molecule has 7 nitrogen and oxygen atoms in total. The lowest BCUT2D eigenvalue weighted by Crippen LogP contribution is -2.24. The van der Waals surface area contributed by atoms with Gasteiger partial charge >= 0.3 is 0 Å². The second-order valence-electron chi connectivity index (χ2n) is 5.05. The van der Waals surface area contributed by atoms with Gasteiger partial charge in [0.15, 0.2) is 0 Å². The van der Waals surface area contributed by atoms with Gasteiger partial charge in [0.25, 0.3) is 0 Å². The highest BCUT2D eigenvalue weighted by atomic mass is 35.5. The largest absolute Gasteiger partial charge is 0.508 e. The zero-order chi connectivity index (χ0) is 17.6. The molecule has 0 aliphatic carbocycles. The van der Waals surface area contributed by atoms with E-state index >= 15 is 0 Å². The number of benzene rings is 2. The molecular formula is C16H14ClN5O2S. The number of hydrogen-bond acceptors (Lipinski definition) is 6. The van der Waals surface area contributed by atoms with E-state index in [4.69, 9.17) is 11.6 Å². The molecular weight excluding hydrogens is 362 g/mol. The van der Waals surface area contributed by atoms with E-state index in [1.165, 1.54) is 16.4 Å². The standard InChI is InChI=1S/C16H14ClN5O2S/c17-14-4-2-1-3-11(14)9-18-15(24)10-25-16-19-20-21-22(16)12-5-7-13(23)8-6-12/h1-8,23H,9-10H2,(H,18,24). The van der Waals surface area contributed by atoms with Crippen molar-refractivity contribution in [3.8, 4) is 11.4 Å². The minimum atomic E-state index is -0.148. The molecule has 3 rings (SSSR count). The fourth-order valence-corrected chi connectivity index (χ4v) is 2.96. The number of aromatic nitrogens is 4. The van der Waals surface area contributed by atoms with Crippen LogP contribution in [0.1, 0.15) is 5.56 Å². The molecule has 0 saturated carbocycles. The van der Waals surface area contributed by atoms with Crippen molar-refractivity contribution in [2.45, 2.75) is 11.7 Å². The Morgan fingerprint density at radius 3 is 2.72 bits per heavy atom. The van der Waals surface area contributed by atoms with Crippen LogP contribution < -0.4 is 5.32 Å². The zero-order valence-corrected chi connectivity index (χ0v) is 14.5. The third kappa shape index (κ3) is 4.49. The summed E-state index contributed by atoms with van der Waals surface area (Å²) < 4.78 is 1.51. The molecule has 2 aromatic carbocycles. The number of aromatic hydroxyl groups is 1. The van der Waals surface area contributed by atoms with Crippen LogP contribution in [0, 0.1) is 0 Å². The van der Waals surface area contributed by atoms with Gasteiger partial charge in [0, 0.05) is 11.6 Å². The van der Waals surface area contributed by atoms with Crippen LogP contribution in [-0.4, -0.2) is 37.0 Å². The monoisotopic (exact) mass is 375 g/mol. The SMILES string of the molecule is O=C(CSc1nnnn1-c1ccc(O)cc1)NCc1ccccc1Cl. The summed E-state index contributed by atoms with van der Waals surface area (Å²) in [4.78, 5) is 12.0. The summed E-state index contributed by atoms with van der Waals surface area (Å²) in [5.74, 6) is 0.179. The van der Waals surface area contributed by atoms with Crippen molar-refractivity contribution in [2.75, 3.05) is 5.75 Å². The topological polar surface area (TPSA) is 92.9 Å². The van der Waals surface area contributed by atoms with Gasteiger partial charge in [-0.1, -0.05) is 41.6 Å². The van der Waals surface area contributed by atoms with Crippen LogP contribution in [-0.2, 0) is 11.3 Å². The maximum Gasteiger partial charge on any atom is 0.230 e. The first kappa shape index (κ1) is 17.2. The maximum absolute atomic E-state index is 12.0. The normalized spacial score (nSPS) is 10.6. The summed E-state index contributed by atoms with van der Waals surface area (Å²) in [6, 6.07) is 13.8. The van der Waals surface area contributed by atoms with E-state index in [9.17, 15) is 9.90 Å². The number of carbonyl (C=O) groups excluding carboxylic acids is 1.